The molecule has 0 heterocycles. The first kappa shape index (κ1) is 13.7. The van der Waals surface area contributed by atoms with Gasteiger partial charge in [0, 0.05) is 6.42 Å². The lowest BCUT2D eigenvalue weighted by molar-refractivity contribution is 0.0526. The number of aryl methyl sites for hydroxylation is 1. The summed E-state index contributed by atoms with van der Waals surface area (Å²) in [7, 11) is 0. The highest BCUT2D eigenvalue weighted by molar-refractivity contribution is 5.89. The van der Waals surface area contributed by atoms with Crippen LogP contribution >= 0.6 is 0 Å². The largest absolute Gasteiger partial charge is 0.462 e. The van der Waals surface area contributed by atoms with Crippen LogP contribution in [-0.2, 0) is 17.6 Å². The van der Waals surface area contributed by atoms with Crippen LogP contribution < -0.4 is 0 Å². The van der Waals surface area contributed by atoms with Gasteiger partial charge in [-0.25, -0.2) is 4.79 Å². The highest BCUT2D eigenvalue weighted by Gasteiger charge is 2.10. The van der Waals surface area contributed by atoms with E-state index in [1.807, 2.05) is 0 Å². The third kappa shape index (κ3) is 3.61. The Morgan fingerprint density at radius 1 is 1.28 bits per heavy atom. The summed E-state index contributed by atoms with van der Waals surface area (Å²) in [5, 5.41) is 17.3. The third-order valence-electron chi connectivity index (χ3n) is 2.49. The number of nitriles is 2. The summed E-state index contributed by atoms with van der Waals surface area (Å²) in [6, 6.07) is 9.25. The van der Waals surface area contributed by atoms with Crippen LogP contribution in [0, 0.1) is 22.7 Å². The molecule has 1 aromatic carbocycles. The number of hydrogen-bond acceptors (Lipinski definition) is 4. The molecule has 0 unspecified atom stereocenters. The molecule has 4 nitrogen and oxygen atoms in total. The average Bonchev–Trinajstić information content (AvgIpc) is 2.38. The van der Waals surface area contributed by atoms with Crippen molar-refractivity contribution in [3.05, 3.63) is 34.9 Å². The molecule has 0 aliphatic carbocycles. The van der Waals surface area contributed by atoms with Crippen molar-refractivity contribution < 1.29 is 9.53 Å². The molecule has 0 saturated heterocycles. The molecular formula is C14H14N2O2. The molecule has 0 aromatic heterocycles. The second-order valence-electron chi connectivity index (χ2n) is 3.70. The van der Waals surface area contributed by atoms with Gasteiger partial charge in [0.15, 0.2) is 0 Å². The minimum absolute atomic E-state index is 0.282. The zero-order valence-electron chi connectivity index (χ0n) is 10.3. The summed E-state index contributed by atoms with van der Waals surface area (Å²) >= 11 is 0. The van der Waals surface area contributed by atoms with Crippen LogP contribution in [0.2, 0.25) is 0 Å². The fraction of sp³-hybridized carbons (Fsp3) is 0.357. The summed E-state index contributed by atoms with van der Waals surface area (Å²) in [6.45, 7) is 2.07. The van der Waals surface area contributed by atoms with Gasteiger partial charge >= 0.3 is 5.97 Å². The van der Waals surface area contributed by atoms with Gasteiger partial charge in [-0.05, 0) is 36.6 Å². The molecule has 0 N–H and O–H groups in total. The van der Waals surface area contributed by atoms with Crippen molar-refractivity contribution in [2.75, 3.05) is 6.61 Å². The summed E-state index contributed by atoms with van der Waals surface area (Å²) in [6.07, 6.45) is 1.19. The smallest absolute Gasteiger partial charge is 0.338 e. The molecule has 92 valence electrons. The molecule has 0 aliphatic heterocycles. The summed E-state index contributed by atoms with van der Waals surface area (Å²) in [5.41, 5.74) is 2.19. The first-order valence-electron chi connectivity index (χ1n) is 5.75. The van der Waals surface area contributed by atoms with E-state index in [1.54, 1.807) is 25.1 Å². The van der Waals surface area contributed by atoms with Gasteiger partial charge in [0.25, 0.3) is 0 Å². The SMILES string of the molecule is CCOC(=O)c1ccc(CC#N)c(CCC#N)c1. The van der Waals surface area contributed by atoms with Gasteiger partial charge in [0.1, 0.15) is 0 Å². The lowest BCUT2D eigenvalue weighted by Gasteiger charge is -2.08. The van der Waals surface area contributed by atoms with Crippen molar-refractivity contribution in [3.8, 4) is 12.1 Å². The van der Waals surface area contributed by atoms with E-state index in [2.05, 4.69) is 12.1 Å². The molecule has 0 saturated carbocycles. The standard InChI is InChI=1S/C14H14N2O2/c1-2-18-14(17)13-6-5-11(7-9-16)12(10-13)4-3-8-15/h5-6,10H,2-4,7H2,1H3. The van der Waals surface area contributed by atoms with Gasteiger partial charge in [-0.1, -0.05) is 6.07 Å². The van der Waals surface area contributed by atoms with E-state index in [0.717, 1.165) is 11.1 Å². The molecule has 1 aromatic rings. The Labute approximate surface area is 106 Å². The van der Waals surface area contributed by atoms with Gasteiger partial charge in [-0.2, -0.15) is 10.5 Å². The van der Waals surface area contributed by atoms with Crippen molar-refractivity contribution in [2.45, 2.75) is 26.2 Å². The number of carbonyl (C=O) groups excluding carboxylic acids is 1. The quantitative estimate of drug-likeness (QED) is 0.743. The molecule has 0 atom stereocenters. The Morgan fingerprint density at radius 3 is 2.67 bits per heavy atom. The molecule has 0 fully saturated rings. The predicted molar refractivity (Wildman–Crippen MR) is 65.6 cm³/mol. The van der Waals surface area contributed by atoms with Crippen LogP contribution in [-0.4, -0.2) is 12.6 Å². The normalized spacial score (nSPS) is 9.28. The lowest BCUT2D eigenvalue weighted by Crippen LogP contribution is -2.06. The molecule has 0 radical (unpaired) electrons. The highest BCUT2D eigenvalue weighted by Crippen LogP contribution is 2.15. The minimum atomic E-state index is -0.376. The van der Waals surface area contributed by atoms with E-state index in [1.165, 1.54) is 0 Å². The number of rotatable bonds is 5. The molecular weight excluding hydrogens is 228 g/mol. The maximum Gasteiger partial charge on any atom is 0.338 e. The maximum atomic E-state index is 11.6. The number of esters is 1. The van der Waals surface area contributed by atoms with E-state index < -0.39 is 0 Å². The second-order valence-corrected chi connectivity index (χ2v) is 3.70. The van der Waals surface area contributed by atoms with Crippen molar-refractivity contribution in [1.82, 2.24) is 0 Å². The Kier molecular flexibility index (Phi) is 5.41. The Morgan fingerprint density at radius 2 is 2.06 bits per heavy atom. The summed E-state index contributed by atoms with van der Waals surface area (Å²) < 4.78 is 4.92. The lowest BCUT2D eigenvalue weighted by atomic mass is 9.98. The summed E-state index contributed by atoms with van der Waals surface area (Å²) in [4.78, 5) is 11.6. The van der Waals surface area contributed by atoms with Crippen molar-refractivity contribution >= 4 is 5.97 Å². The molecule has 0 aliphatic rings. The number of nitrogens with zero attached hydrogens (tertiary/aromatic N) is 2. The zero-order valence-corrected chi connectivity index (χ0v) is 10.3. The van der Waals surface area contributed by atoms with Gasteiger partial charge in [-0.15, -0.1) is 0 Å². The topological polar surface area (TPSA) is 73.9 Å². The fourth-order valence-corrected chi connectivity index (χ4v) is 1.65. The number of carbonyl (C=O) groups is 1. The van der Waals surface area contributed by atoms with Gasteiger partial charge in [0.05, 0.1) is 30.7 Å². The van der Waals surface area contributed by atoms with Crippen molar-refractivity contribution in [3.63, 3.8) is 0 Å². The number of hydrogen-bond donors (Lipinski definition) is 0. The van der Waals surface area contributed by atoms with Crippen LogP contribution in [0.3, 0.4) is 0 Å². The average molecular weight is 242 g/mol. The summed E-state index contributed by atoms with van der Waals surface area (Å²) in [5.74, 6) is -0.376. The minimum Gasteiger partial charge on any atom is -0.462 e. The Bertz CT molecular complexity index is 510. The zero-order chi connectivity index (χ0) is 13.4. The van der Waals surface area contributed by atoms with Crippen LogP contribution in [0.4, 0.5) is 0 Å². The molecule has 18 heavy (non-hydrogen) atoms. The van der Waals surface area contributed by atoms with E-state index in [9.17, 15) is 4.79 Å². The maximum absolute atomic E-state index is 11.6. The first-order chi connectivity index (χ1) is 8.72. The van der Waals surface area contributed by atoms with E-state index in [4.69, 9.17) is 15.3 Å². The number of benzene rings is 1. The van der Waals surface area contributed by atoms with Gasteiger partial charge < -0.3 is 4.74 Å². The first-order valence-corrected chi connectivity index (χ1v) is 5.75. The van der Waals surface area contributed by atoms with Crippen molar-refractivity contribution in [2.24, 2.45) is 0 Å². The Balaban J connectivity index is 3.01. The van der Waals surface area contributed by atoms with Gasteiger partial charge in [-0.3, -0.25) is 0 Å². The monoisotopic (exact) mass is 242 g/mol. The second kappa shape index (κ2) is 7.09. The Hall–Kier alpha value is -2.33. The molecule has 0 amide bonds. The van der Waals surface area contributed by atoms with Gasteiger partial charge in [0.2, 0.25) is 0 Å². The third-order valence-corrected chi connectivity index (χ3v) is 2.49. The van der Waals surface area contributed by atoms with Crippen LogP contribution in [0.1, 0.15) is 34.8 Å². The molecule has 1 rings (SSSR count). The molecule has 0 spiro atoms. The van der Waals surface area contributed by atoms with E-state index in [-0.39, 0.29) is 12.4 Å². The van der Waals surface area contributed by atoms with E-state index in [0.29, 0.717) is 25.0 Å². The van der Waals surface area contributed by atoms with Crippen LogP contribution in [0.15, 0.2) is 18.2 Å². The number of ether oxygens (including phenoxy) is 1. The van der Waals surface area contributed by atoms with Crippen LogP contribution in [0.5, 0.6) is 0 Å². The van der Waals surface area contributed by atoms with E-state index >= 15 is 0 Å². The highest BCUT2D eigenvalue weighted by atomic mass is 16.5. The van der Waals surface area contributed by atoms with Crippen LogP contribution in [0.25, 0.3) is 0 Å². The predicted octanol–water partition coefficient (Wildman–Crippen LogP) is 2.39. The van der Waals surface area contributed by atoms with Crippen molar-refractivity contribution in [1.29, 1.82) is 10.5 Å². The molecule has 0 bridgehead atoms. The molecule has 4 heteroatoms. The fourth-order valence-electron chi connectivity index (χ4n) is 1.65.